The third-order valence-corrected chi connectivity index (χ3v) is 7.57. The summed E-state index contributed by atoms with van der Waals surface area (Å²) >= 11 is 0. The number of nitrogens with one attached hydrogen (secondary N) is 1. The Balaban J connectivity index is 1.58. The van der Waals surface area contributed by atoms with Gasteiger partial charge in [0, 0.05) is 43.5 Å². The highest BCUT2D eigenvalue weighted by molar-refractivity contribution is 5.90. The Labute approximate surface area is 191 Å². The van der Waals surface area contributed by atoms with E-state index in [0.29, 0.717) is 34.8 Å². The number of rotatable bonds is 5. The molecule has 0 spiro atoms. The summed E-state index contributed by atoms with van der Waals surface area (Å²) in [7, 11) is 0. The van der Waals surface area contributed by atoms with E-state index in [1.54, 1.807) is 19.9 Å². The zero-order valence-electron chi connectivity index (χ0n) is 19.3. The highest BCUT2D eigenvalue weighted by Crippen LogP contribution is 2.38. The van der Waals surface area contributed by atoms with E-state index in [1.165, 1.54) is 6.07 Å². The maximum absolute atomic E-state index is 13.4. The summed E-state index contributed by atoms with van der Waals surface area (Å²) in [4.78, 5) is 25.1. The molecule has 1 aromatic carbocycles. The number of nitrogens with zero attached hydrogens (tertiary/aromatic N) is 4. The summed E-state index contributed by atoms with van der Waals surface area (Å²) in [6.07, 6.45) is 2.31. The van der Waals surface area contributed by atoms with E-state index < -0.39 is 6.43 Å². The van der Waals surface area contributed by atoms with E-state index >= 15 is 0 Å². The first kappa shape index (κ1) is 21.9. The second-order valence-corrected chi connectivity index (χ2v) is 9.41. The van der Waals surface area contributed by atoms with E-state index in [2.05, 4.69) is 20.2 Å². The predicted octanol–water partition coefficient (Wildman–Crippen LogP) is 4.46. The zero-order chi connectivity index (χ0) is 23.3. The van der Waals surface area contributed by atoms with Crippen molar-refractivity contribution in [2.24, 2.45) is 0 Å². The molecule has 0 radical (unpaired) electrons. The van der Waals surface area contributed by atoms with E-state index in [-0.39, 0.29) is 16.7 Å². The molecule has 8 heteroatoms. The highest BCUT2D eigenvalue weighted by Gasteiger charge is 2.41. The number of benzene rings is 1. The molecule has 2 aromatic heterocycles. The molecule has 3 aliphatic heterocycles. The molecule has 0 saturated carbocycles. The average Bonchev–Trinajstić information content (AvgIpc) is 2.81. The largest absolute Gasteiger partial charge is 0.365 e. The van der Waals surface area contributed by atoms with Gasteiger partial charge in [-0.15, -0.1) is 0 Å². The number of pyridine rings is 1. The van der Waals surface area contributed by atoms with Crippen molar-refractivity contribution in [2.75, 3.05) is 25.0 Å². The molecule has 0 aliphatic carbocycles. The number of aryl methyl sites for hydroxylation is 2. The van der Waals surface area contributed by atoms with E-state index in [1.807, 2.05) is 23.8 Å². The molecule has 6 rings (SSSR count). The van der Waals surface area contributed by atoms with Crippen LogP contribution in [0.4, 0.5) is 14.6 Å². The number of aromatic nitrogens is 3. The lowest BCUT2D eigenvalue weighted by Gasteiger charge is -2.49. The molecule has 6 nitrogen and oxygen atoms in total. The Kier molecular flexibility index (Phi) is 5.43. The normalized spacial score (nSPS) is 22.3. The minimum absolute atomic E-state index is 0.0161. The fourth-order valence-electron chi connectivity index (χ4n) is 5.43. The first-order valence-electron chi connectivity index (χ1n) is 11.5. The van der Waals surface area contributed by atoms with Gasteiger partial charge < -0.3 is 14.8 Å². The van der Waals surface area contributed by atoms with Crippen molar-refractivity contribution in [3.63, 3.8) is 0 Å². The van der Waals surface area contributed by atoms with Crippen LogP contribution in [0.2, 0.25) is 0 Å². The van der Waals surface area contributed by atoms with Gasteiger partial charge in [0.2, 0.25) is 0 Å². The Morgan fingerprint density at radius 2 is 1.76 bits per heavy atom. The Morgan fingerprint density at radius 3 is 2.42 bits per heavy atom. The number of hydrogen-bond donors (Lipinski definition) is 1. The maximum Gasteiger partial charge on any atom is 0.264 e. The van der Waals surface area contributed by atoms with Crippen LogP contribution in [0.5, 0.6) is 0 Å². The van der Waals surface area contributed by atoms with E-state index in [9.17, 15) is 13.6 Å². The van der Waals surface area contributed by atoms with Gasteiger partial charge >= 0.3 is 0 Å². The molecule has 0 amide bonds. The number of fused-ring (bicyclic) bond motifs is 4. The van der Waals surface area contributed by atoms with Crippen LogP contribution in [-0.2, 0) is 12.1 Å². The second-order valence-electron chi connectivity index (χ2n) is 9.41. The van der Waals surface area contributed by atoms with Crippen LogP contribution in [-0.4, -0.2) is 39.1 Å². The molecule has 2 bridgehead atoms. The van der Waals surface area contributed by atoms with Gasteiger partial charge in [-0.2, -0.15) is 0 Å². The summed E-state index contributed by atoms with van der Waals surface area (Å²) in [5.74, 6) is 1.19. The van der Waals surface area contributed by atoms with Gasteiger partial charge in [0.25, 0.3) is 12.0 Å². The minimum atomic E-state index is -2.51. The molecular formula is C25H29F2N5O. The van der Waals surface area contributed by atoms with Crippen molar-refractivity contribution in [3.05, 3.63) is 62.8 Å². The minimum Gasteiger partial charge on any atom is -0.365 e. The summed E-state index contributed by atoms with van der Waals surface area (Å²) in [6, 6.07) is 4.97. The number of hydrogen-bond acceptors (Lipinski definition) is 5. The molecule has 0 atom stereocenters. The maximum atomic E-state index is 13.4. The zero-order valence-corrected chi connectivity index (χ0v) is 19.3. The van der Waals surface area contributed by atoms with Crippen LogP contribution in [0.3, 0.4) is 0 Å². The van der Waals surface area contributed by atoms with Gasteiger partial charge in [-0.3, -0.25) is 4.79 Å². The fourth-order valence-corrected chi connectivity index (χ4v) is 5.43. The molecule has 0 unspecified atom stereocenters. The van der Waals surface area contributed by atoms with Crippen LogP contribution in [0.25, 0.3) is 10.9 Å². The van der Waals surface area contributed by atoms with Crippen LogP contribution >= 0.6 is 0 Å². The lowest BCUT2D eigenvalue weighted by atomic mass is 9.79. The van der Waals surface area contributed by atoms with Crippen LogP contribution in [0.15, 0.2) is 29.2 Å². The van der Waals surface area contributed by atoms with Crippen molar-refractivity contribution >= 4 is 16.7 Å². The molecule has 1 N–H and O–H groups in total. The summed E-state index contributed by atoms with van der Waals surface area (Å²) in [5, 5.41) is 4.14. The molecule has 5 heterocycles. The van der Waals surface area contributed by atoms with Crippen LogP contribution in [0, 0.1) is 20.8 Å². The average molecular weight is 454 g/mol. The van der Waals surface area contributed by atoms with Gasteiger partial charge in [0.15, 0.2) is 0 Å². The van der Waals surface area contributed by atoms with Crippen molar-refractivity contribution in [3.8, 4) is 0 Å². The van der Waals surface area contributed by atoms with Crippen LogP contribution in [0.1, 0.15) is 53.8 Å². The lowest BCUT2D eigenvalue weighted by Crippen LogP contribution is -2.56. The van der Waals surface area contributed by atoms with E-state index in [0.717, 1.165) is 49.8 Å². The summed E-state index contributed by atoms with van der Waals surface area (Å²) in [5.41, 5.74) is 2.55. The first-order valence-corrected chi connectivity index (χ1v) is 11.5. The highest BCUT2D eigenvalue weighted by atomic mass is 19.3. The van der Waals surface area contributed by atoms with Crippen molar-refractivity contribution < 1.29 is 8.78 Å². The van der Waals surface area contributed by atoms with Gasteiger partial charge in [0.05, 0.1) is 16.4 Å². The third kappa shape index (κ3) is 3.70. The smallest absolute Gasteiger partial charge is 0.264 e. The Bertz CT molecular complexity index is 1260. The predicted molar refractivity (Wildman–Crippen MR) is 125 cm³/mol. The van der Waals surface area contributed by atoms with Gasteiger partial charge in [-0.25, -0.2) is 18.7 Å². The molecule has 3 aliphatic rings. The molecule has 33 heavy (non-hydrogen) atoms. The summed E-state index contributed by atoms with van der Waals surface area (Å²) in [6.45, 7) is 8.75. The number of halogens is 2. The van der Waals surface area contributed by atoms with E-state index in [4.69, 9.17) is 0 Å². The Hall–Kier alpha value is -2.87. The number of piperidine rings is 3. The topological polar surface area (TPSA) is 63.1 Å². The molecule has 3 aromatic rings. The van der Waals surface area contributed by atoms with Gasteiger partial charge in [-0.1, -0.05) is 18.2 Å². The SMILES string of the molecule is Cc1nc(NCc2cccc(C(F)F)c2C)c2cn(C34CCN(CC3)CC4)c(=O)c(C)c2n1. The molecule has 3 fully saturated rings. The number of anilines is 1. The third-order valence-electron chi connectivity index (χ3n) is 7.57. The van der Waals surface area contributed by atoms with Crippen molar-refractivity contribution in [1.82, 2.24) is 19.4 Å². The lowest BCUT2D eigenvalue weighted by molar-refractivity contribution is 0.0327. The molecular weight excluding hydrogens is 424 g/mol. The summed E-state index contributed by atoms with van der Waals surface area (Å²) < 4.78 is 28.6. The number of alkyl halides is 2. The quantitative estimate of drug-likeness (QED) is 0.618. The van der Waals surface area contributed by atoms with Gasteiger partial charge in [-0.05, 0) is 51.2 Å². The second kappa shape index (κ2) is 8.17. The monoisotopic (exact) mass is 453 g/mol. The van der Waals surface area contributed by atoms with Crippen LogP contribution < -0.4 is 10.9 Å². The van der Waals surface area contributed by atoms with Crippen molar-refractivity contribution in [2.45, 2.75) is 58.5 Å². The molecule has 174 valence electrons. The Morgan fingerprint density at radius 1 is 1.06 bits per heavy atom. The first-order chi connectivity index (χ1) is 15.8. The fraction of sp³-hybridized carbons (Fsp3) is 0.480. The van der Waals surface area contributed by atoms with Crippen molar-refractivity contribution in [1.29, 1.82) is 0 Å². The molecule has 3 saturated heterocycles. The van der Waals surface area contributed by atoms with Gasteiger partial charge in [0.1, 0.15) is 11.6 Å². The standard InChI is InChI=1S/C25H29F2N5O/c1-15-18(5-4-6-19(15)22(26)27)13-28-23-20-14-32(25-7-10-31(11-8-25)12-9-25)24(33)16(2)21(20)29-17(3)30-23/h4-6,14,22H,7-13H2,1-3H3,(H,28,29,30).